The number of amides is 1. The Morgan fingerprint density at radius 3 is 2.95 bits per heavy atom. The summed E-state index contributed by atoms with van der Waals surface area (Å²) in [4.78, 5) is 12.3. The summed E-state index contributed by atoms with van der Waals surface area (Å²) in [7, 11) is 0. The van der Waals surface area contributed by atoms with Crippen molar-refractivity contribution in [2.45, 2.75) is 45.6 Å². The van der Waals surface area contributed by atoms with Crippen LogP contribution in [0, 0.1) is 5.92 Å². The number of rotatable bonds is 4. The summed E-state index contributed by atoms with van der Waals surface area (Å²) < 4.78 is 0. The molecule has 1 saturated heterocycles. The van der Waals surface area contributed by atoms with Crippen molar-refractivity contribution in [1.29, 1.82) is 0 Å². The highest BCUT2D eigenvalue weighted by Crippen LogP contribution is 2.20. The highest BCUT2D eigenvalue weighted by molar-refractivity contribution is 5.95. The van der Waals surface area contributed by atoms with Gasteiger partial charge >= 0.3 is 0 Å². The van der Waals surface area contributed by atoms with E-state index in [2.05, 4.69) is 30.5 Å². The first-order valence-electron chi connectivity index (χ1n) is 7.33. The Hall–Kier alpha value is -1.35. The van der Waals surface area contributed by atoms with Gasteiger partial charge in [-0.15, -0.1) is 0 Å². The standard InChI is InChI=1S/C16H24N2O/c1-3-6-13-7-4-5-8-14(13)18-16(19)15-11-12(2)9-10-17-15/h4-5,7-8,12,15,17H,3,6,9-11H2,1-2H3,(H,18,19). The van der Waals surface area contributed by atoms with Crippen molar-refractivity contribution >= 4 is 11.6 Å². The summed E-state index contributed by atoms with van der Waals surface area (Å²) in [5, 5.41) is 6.39. The van der Waals surface area contributed by atoms with Crippen molar-refractivity contribution in [2.75, 3.05) is 11.9 Å². The lowest BCUT2D eigenvalue weighted by molar-refractivity contribution is -0.119. The van der Waals surface area contributed by atoms with Gasteiger partial charge in [0.15, 0.2) is 0 Å². The van der Waals surface area contributed by atoms with Gasteiger partial charge in [-0.3, -0.25) is 4.79 Å². The van der Waals surface area contributed by atoms with Gasteiger partial charge in [0, 0.05) is 5.69 Å². The fraction of sp³-hybridized carbons (Fsp3) is 0.562. The van der Waals surface area contributed by atoms with Gasteiger partial charge in [-0.05, 0) is 43.4 Å². The first-order valence-corrected chi connectivity index (χ1v) is 7.33. The maximum absolute atomic E-state index is 12.3. The Kier molecular flexibility index (Phi) is 4.97. The minimum atomic E-state index is -0.0431. The number of carbonyl (C=O) groups is 1. The molecule has 2 N–H and O–H groups in total. The predicted molar refractivity (Wildman–Crippen MR) is 79.3 cm³/mol. The molecule has 0 bridgehead atoms. The number of benzene rings is 1. The van der Waals surface area contributed by atoms with Gasteiger partial charge < -0.3 is 10.6 Å². The van der Waals surface area contributed by atoms with Crippen LogP contribution in [0.4, 0.5) is 5.69 Å². The van der Waals surface area contributed by atoms with Gasteiger partial charge in [0.25, 0.3) is 0 Å². The zero-order chi connectivity index (χ0) is 13.7. The molecule has 0 saturated carbocycles. The number of hydrogen-bond donors (Lipinski definition) is 2. The number of hydrogen-bond acceptors (Lipinski definition) is 2. The molecular weight excluding hydrogens is 236 g/mol. The molecule has 1 aromatic carbocycles. The van der Waals surface area contributed by atoms with E-state index < -0.39 is 0 Å². The van der Waals surface area contributed by atoms with E-state index in [-0.39, 0.29) is 11.9 Å². The Morgan fingerprint density at radius 1 is 1.42 bits per heavy atom. The molecule has 2 rings (SSSR count). The molecule has 0 aliphatic carbocycles. The van der Waals surface area contributed by atoms with Crippen LogP contribution < -0.4 is 10.6 Å². The minimum Gasteiger partial charge on any atom is -0.324 e. The van der Waals surface area contributed by atoms with Gasteiger partial charge in [0.2, 0.25) is 5.91 Å². The summed E-state index contributed by atoms with van der Waals surface area (Å²) in [5.74, 6) is 0.734. The van der Waals surface area contributed by atoms with Crippen LogP contribution >= 0.6 is 0 Å². The van der Waals surface area contributed by atoms with Gasteiger partial charge in [-0.25, -0.2) is 0 Å². The maximum atomic E-state index is 12.3. The Morgan fingerprint density at radius 2 is 2.21 bits per heavy atom. The summed E-state index contributed by atoms with van der Waals surface area (Å²) in [6, 6.07) is 8.05. The molecule has 3 heteroatoms. The second-order valence-electron chi connectivity index (χ2n) is 5.53. The normalized spacial score (nSPS) is 23.1. The van der Waals surface area contributed by atoms with E-state index in [1.54, 1.807) is 0 Å². The minimum absolute atomic E-state index is 0.0431. The Labute approximate surface area is 115 Å². The molecule has 19 heavy (non-hydrogen) atoms. The van der Waals surface area contributed by atoms with Crippen LogP contribution in [0.3, 0.4) is 0 Å². The van der Waals surface area contributed by atoms with Crippen LogP contribution in [-0.4, -0.2) is 18.5 Å². The zero-order valence-electron chi connectivity index (χ0n) is 11.9. The van der Waals surface area contributed by atoms with Crippen LogP contribution in [-0.2, 0) is 11.2 Å². The Balaban J connectivity index is 2.02. The molecule has 1 heterocycles. The van der Waals surface area contributed by atoms with E-state index in [0.29, 0.717) is 5.92 Å². The molecular formula is C16H24N2O. The van der Waals surface area contributed by atoms with E-state index in [0.717, 1.165) is 37.9 Å². The van der Waals surface area contributed by atoms with E-state index in [1.807, 2.05) is 18.2 Å². The first kappa shape index (κ1) is 14.1. The lowest BCUT2D eigenvalue weighted by atomic mass is 9.94. The topological polar surface area (TPSA) is 41.1 Å². The van der Waals surface area contributed by atoms with Crippen LogP contribution in [0.25, 0.3) is 0 Å². The molecule has 104 valence electrons. The second-order valence-corrected chi connectivity index (χ2v) is 5.53. The number of para-hydroxylation sites is 1. The van der Waals surface area contributed by atoms with Crippen LogP contribution in [0.15, 0.2) is 24.3 Å². The number of anilines is 1. The summed E-state index contributed by atoms with van der Waals surface area (Å²) in [6.45, 7) is 5.31. The van der Waals surface area contributed by atoms with Gasteiger partial charge in [0.05, 0.1) is 6.04 Å². The third-order valence-corrected chi connectivity index (χ3v) is 3.78. The molecule has 2 unspecified atom stereocenters. The van der Waals surface area contributed by atoms with E-state index in [4.69, 9.17) is 0 Å². The fourth-order valence-electron chi connectivity index (χ4n) is 2.66. The van der Waals surface area contributed by atoms with Crippen molar-refractivity contribution in [1.82, 2.24) is 5.32 Å². The van der Waals surface area contributed by atoms with Crippen molar-refractivity contribution in [3.63, 3.8) is 0 Å². The number of aryl methyl sites for hydroxylation is 1. The number of carbonyl (C=O) groups excluding carboxylic acids is 1. The van der Waals surface area contributed by atoms with E-state index in [1.165, 1.54) is 5.56 Å². The van der Waals surface area contributed by atoms with Crippen LogP contribution in [0.1, 0.15) is 38.7 Å². The third-order valence-electron chi connectivity index (χ3n) is 3.78. The monoisotopic (exact) mass is 260 g/mol. The molecule has 1 aliphatic heterocycles. The third kappa shape index (κ3) is 3.80. The summed E-state index contributed by atoms with van der Waals surface area (Å²) in [6.07, 6.45) is 4.19. The number of piperidine rings is 1. The van der Waals surface area contributed by atoms with Gasteiger partial charge in [-0.2, -0.15) is 0 Å². The molecule has 1 aliphatic rings. The molecule has 0 aromatic heterocycles. The van der Waals surface area contributed by atoms with Crippen molar-refractivity contribution in [3.8, 4) is 0 Å². The molecule has 3 nitrogen and oxygen atoms in total. The lowest BCUT2D eigenvalue weighted by Crippen LogP contribution is -2.45. The molecule has 1 fully saturated rings. The van der Waals surface area contributed by atoms with Gasteiger partial charge in [-0.1, -0.05) is 38.5 Å². The molecule has 0 spiro atoms. The smallest absolute Gasteiger partial charge is 0.241 e. The molecule has 1 aromatic rings. The zero-order valence-corrected chi connectivity index (χ0v) is 11.9. The predicted octanol–water partition coefficient (Wildman–Crippen LogP) is 2.97. The molecule has 2 atom stereocenters. The van der Waals surface area contributed by atoms with Crippen LogP contribution in [0.2, 0.25) is 0 Å². The average Bonchev–Trinajstić information content (AvgIpc) is 2.41. The van der Waals surface area contributed by atoms with Crippen LogP contribution in [0.5, 0.6) is 0 Å². The molecule has 1 amide bonds. The average molecular weight is 260 g/mol. The quantitative estimate of drug-likeness (QED) is 0.874. The van der Waals surface area contributed by atoms with Gasteiger partial charge in [0.1, 0.15) is 0 Å². The summed E-state index contributed by atoms with van der Waals surface area (Å²) >= 11 is 0. The first-order chi connectivity index (χ1) is 9.20. The van der Waals surface area contributed by atoms with Crippen molar-refractivity contribution < 1.29 is 4.79 Å². The maximum Gasteiger partial charge on any atom is 0.241 e. The lowest BCUT2D eigenvalue weighted by Gasteiger charge is -2.27. The Bertz CT molecular complexity index is 431. The highest BCUT2D eigenvalue weighted by Gasteiger charge is 2.24. The fourth-order valence-corrected chi connectivity index (χ4v) is 2.66. The molecule has 0 radical (unpaired) electrons. The second kappa shape index (κ2) is 6.71. The van der Waals surface area contributed by atoms with Crippen molar-refractivity contribution in [3.05, 3.63) is 29.8 Å². The van der Waals surface area contributed by atoms with E-state index in [9.17, 15) is 4.79 Å². The highest BCUT2D eigenvalue weighted by atomic mass is 16.2. The van der Waals surface area contributed by atoms with E-state index >= 15 is 0 Å². The largest absolute Gasteiger partial charge is 0.324 e. The SMILES string of the molecule is CCCc1ccccc1NC(=O)C1CC(C)CCN1. The summed E-state index contributed by atoms with van der Waals surface area (Å²) in [5.41, 5.74) is 2.19. The van der Waals surface area contributed by atoms with Crippen molar-refractivity contribution in [2.24, 2.45) is 5.92 Å². The number of nitrogens with one attached hydrogen (secondary N) is 2.